The molecule has 1 N–H and O–H groups in total. The Morgan fingerprint density at radius 3 is 2.95 bits per heavy atom. The third-order valence-corrected chi connectivity index (χ3v) is 5.06. The molecule has 5 heteroatoms. The molecule has 0 aromatic carbocycles. The largest absolute Gasteiger partial charge is 0.384 e. The number of aryl methyl sites for hydroxylation is 1. The minimum Gasteiger partial charge on any atom is -0.384 e. The Labute approximate surface area is 132 Å². The molecule has 21 heavy (non-hydrogen) atoms. The number of methoxy groups -OCH3 is 1. The zero-order valence-electron chi connectivity index (χ0n) is 13.8. The number of hydrogen-bond donors (Lipinski definition) is 1. The van der Waals surface area contributed by atoms with Crippen LogP contribution in [0, 0.1) is 11.8 Å². The van der Waals surface area contributed by atoms with Crippen LogP contribution in [0.25, 0.3) is 0 Å². The summed E-state index contributed by atoms with van der Waals surface area (Å²) in [4.78, 5) is 8.70. The Morgan fingerprint density at radius 2 is 2.29 bits per heavy atom. The number of hydrogen-bond acceptors (Lipinski definition) is 5. The van der Waals surface area contributed by atoms with Crippen molar-refractivity contribution in [2.45, 2.75) is 40.2 Å². The van der Waals surface area contributed by atoms with Gasteiger partial charge in [0.05, 0.1) is 12.3 Å². The molecule has 1 fully saturated rings. The van der Waals surface area contributed by atoms with Gasteiger partial charge in [-0.05, 0) is 25.3 Å². The molecule has 0 radical (unpaired) electrons. The van der Waals surface area contributed by atoms with Crippen LogP contribution in [0.4, 0.5) is 5.13 Å². The van der Waals surface area contributed by atoms with Crippen molar-refractivity contribution in [1.82, 2.24) is 10.3 Å². The van der Waals surface area contributed by atoms with Gasteiger partial charge >= 0.3 is 0 Å². The third-order valence-electron chi connectivity index (χ3n) is 3.90. The maximum Gasteiger partial charge on any atom is 0.185 e. The molecule has 1 aliphatic heterocycles. The van der Waals surface area contributed by atoms with E-state index in [2.05, 4.69) is 31.0 Å². The van der Waals surface area contributed by atoms with E-state index in [0.717, 1.165) is 39.2 Å². The lowest BCUT2D eigenvalue weighted by molar-refractivity contribution is 0.161. The van der Waals surface area contributed by atoms with E-state index in [9.17, 15) is 0 Å². The summed E-state index contributed by atoms with van der Waals surface area (Å²) >= 11 is 1.86. The second-order valence-electron chi connectivity index (χ2n) is 6.30. The molecule has 0 bridgehead atoms. The van der Waals surface area contributed by atoms with Crippen LogP contribution < -0.4 is 10.2 Å². The van der Waals surface area contributed by atoms with Crippen LogP contribution in [0.5, 0.6) is 0 Å². The molecule has 1 aliphatic rings. The second kappa shape index (κ2) is 8.11. The highest BCUT2D eigenvalue weighted by Gasteiger charge is 2.25. The maximum atomic E-state index is 5.28. The van der Waals surface area contributed by atoms with Gasteiger partial charge in [0, 0.05) is 37.5 Å². The Morgan fingerprint density at radius 1 is 1.48 bits per heavy atom. The lowest BCUT2D eigenvalue weighted by Crippen LogP contribution is -2.20. The van der Waals surface area contributed by atoms with Crippen molar-refractivity contribution in [2.24, 2.45) is 11.8 Å². The number of rotatable bonds is 8. The summed E-state index contributed by atoms with van der Waals surface area (Å²) in [6.07, 6.45) is 2.24. The van der Waals surface area contributed by atoms with Gasteiger partial charge in [0.15, 0.2) is 5.13 Å². The maximum absolute atomic E-state index is 5.28. The fourth-order valence-corrected chi connectivity index (χ4v) is 3.93. The highest BCUT2D eigenvalue weighted by Crippen LogP contribution is 2.31. The summed E-state index contributed by atoms with van der Waals surface area (Å²) in [7, 11) is 1.79. The first-order chi connectivity index (χ1) is 10.1. The molecule has 1 aromatic rings. The summed E-state index contributed by atoms with van der Waals surface area (Å²) in [6, 6.07) is 0. The highest BCUT2D eigenvalue weighted by atomic mass is 32.1. The fourth-order valence-electron chi connectivity index (χ4n) is 2.77. The average Bonchev–Trinajstić information content (AvgIpc) is 3.05. The molecule has 0 aliphatic carbocycles. The van der Waals surface area contributed by atoms with Crippen molar-refractivity contribution < 1.29 is 4.74 Å². The Balaban J connectivity index is 1.96. The van der Waals surface area contributed by atoms with Crippen LogP contribution >= 0.6 is 11.3 Å². The summed E-state index contributed by atoms with van der Waals surface area (Å²) in [5, 5.41) is 4.74. The fraction of sp³-hybridized carbons (Fsp3) is 0.812. The van der Waals surface area contributed by atoms with Crippen molar-refractivity contribution in [3.05, 3.63) is 10.6 Å². The second-order valence-corrected chi connectivity index (χ2v) is 7.36. The van der Waals surface area contributed by atoms with E-state index in [1.54, 1.807) is 7.11 Å². The molecule has 0 spiro atoms. The van der Waals surface area contributed by atoms with Crippen LogP contribution in [-0.4, -0.2) is 38.3 Å². The van der Waals surface area contributed by atoms with Gasteiger partial charge in [-0.15, -0.1) is 11.3 Å². The smallest absolute Gasteiger partial charge is 0.185 e. The van der Waals surface area contributed by atoms with Gasteiger partial charge in [-0.1, -0.05) is 20.8 Å². The van der Waals surface area contributed by atoms with Crippen molar-refractivity contribution in [3.63, 3.8) is 0 Å². The predicted molar refractivity (Wildman–Crippen MR) is 90.2 cm³/mol. The van der Waals surface area contributed by atoms with Gasteiger partial charge < -0.3 is 15.0 Å². The number of nitrogens with zero attached hydrogens (tertiary/aromatic N) is 2. The SMILES string of the molecule is CCc1nc(N2CCC(COC)C2)sc1CNCC(C)C. The molecule has 4 nitrogen and oxygen atoms in total. The molecular weight excluding hydrogens is 282 g/mol. The minimum atomic E-state index is 0.659. The Bertz CT molecular complexity index is 433. The van der Waals surface area contributed by atoms with E-state index in [-0.39, 0.29) is 0 Å². The Kier molecular flexibility index (Phi) is 6.45. The van der Waals surface area contributed by atoms with Crippen LogP contribution in [0.1, 0.15) is 37.8 Å². The van der Waals surface area contributed by atoms with Gasteiger partial charge in [-0.3, -0.25) is 0 Å². The normalized spacial score (nSPS) is 18.9. The van der Waals surface area contributed by atoms with Crippen LogP contribution in [-0.2, 0) is 17.7 Å². The summed E-state index contributed by atoms with van der Waals surface area (Å²) in [5.74, 6) is 1.35. The van der Waals surface area contributed by atoms with Crippen molar-refractivity contribution in [3.8, 4) is 0 Å². The topological polar surface area (TPSA) is 37.4 Å². The van der Waals surface area contributed by atoms with Gasteiger partial charge in [0.25, 0.3) is 0 Å². The number of aromatic nitrogens is 1. The monoisotopic (exact) mass is 311 g/mol. The van der Waals surface area contributed by atoms with Crippen molar-refractivity contribution in [2.75, 3.05) is 38.3 Å². The minimum absolute atomic E-state index is 0.659. The molecule has 1 aromatic heterocycles. The molecule has 1 unspecified atom stereocenters. The molecule has 0 saturated carbocycles. The zero-order valence-corrected chi connectivity index (χ0v) is 14.6. The van der Waals surface area contributed by atoms with Crippen molar-refractivity contribution >= 4 is 16.5 Å². The zero-order chi connectivity index (χ0) is 15.2. The third kappa shape index (κ3) is 4.66. The Hall–Kier alpha value is -0.650. The van der Waals surface area contributed by atoms with Crippen LogP contribution in [0.2, 0.25) is 0 Å². The molecule has 120 valence electrons. The van der Waals surface area contributed by atoms with E-state index < -0.39 is 0 Å². The van der Waals surface area contributed by atoms with E-state index in [0.29, 0.717) is 11.8 Å². The van der Waals surface area contributed by atoms with E-state index >= 15 is 0 Å². The van der Waals surface area contributed by atoms with Gasteiger partial charge in [0.2, 0.25) is 0 Å². The highest BCUT2D eigenvalue weighted by molar-refractivity contribution is 7.15. The van der Waals surface area contributed by atoms with Gasteiger partial charge in [-0.25, -0.2) is 4.98 Å². The molecule has 1 atom stereocenters. The molecule has 0 amide bonds. The number of anilines is 1. The molecule has 1 saturated heterocycles. The molecule has 2 heterocycles. The van der Waals surface area contributed by atoms with E-state index in [4.69, 9.17) is 9.72 Å². The standard InChI is InChI=1S/C16H29N3OS/c1-5-14-15(9-17-8-12(2)3)21-16(18-14)19-7-6-13(10-19)11-20-4/h12-13,17H,5-11H2,1-4H3. The summed E-state index contributed by atoms with van der Waals surface area (Å²) < 4.78 is 5.28. The number of thiazole rings is 1. The summed E-state index contributed by atoms with van der Waals surface area (Å²) in [5.41, 5.74) is 1.27. The predicted octanol–water partition coefficient (Wildman–Crippen LogP) is 2.92. The van der Waals surface area contributed by atoms with Gasteiger partial charge in [-0.2, -0.15) is 0 Å². The summed E-state index contributed by atoms with van der Waals surface area (Å²) in [6.45, 7) is 11.8. The molecular formula is C16H29N3OS. The first-order valence-electron chi connectivity index (χ1n) is 8.07. The average molecular weight is 311 g/mol. The first-order valence-corrected chi connectivity index (χ1v) is 8.88. The quantitative estimate of drug-likeness (QED) is 0.801. The van der Waals surface area contributed by atoms with Crippen molar-refractivity contribution in [1.29, 1.82) is 0 Å². The van der Waals surface area contributed by atoms with Gasteiger partial charge in [0.1, 0.15) is 0 Å². The molecule has 2 rings (SSSR count). The van der Waals surface area contributed by atoms with Crippen LogP contribution in [0.15, 0.2) is 0 Å². The first kappa shape index (κ1) is 16.7. The van der Waals surface area contributed by atoms with E-state index in [1.807, 2.05) is 11.3 Å². The lowest BCUT2D eigenvalue weighted by atomic mass is 10.1. The number of ether oxygens (including phenoxy) is 1. The lowest BCUT2D eigenvalue weighted by Gasteiger charge is -2.14. The number of nitrogens with one attached hydrogen (secondary N) is 1. The van der Waals surface area contributed by atoms with E-state index in [1.165, 1.54) is 22.1 Å². The van der Waals surface area contributed by atoms with Crippen LogP contribution in [0.3, 0.4) is 0 Å².